The fourth-order valence-corrected chi connectivity index (χ4v) is 3.15. The van der Waals surface area contributed by atoms with Crippen LogP contribution < -0.4 is 4.90 Å². The summed E-state index contributed by atoms with van der Waals surface area (Å²) in [6.07, 6.45) is 1.81. The van der Waals surface area contributed by atoms with Gasteiger partial charge in [-0.15, -0.1) is 10.2 Å². The number of amides is 1. The lowest BCUT2D eigenvalue weighted by atomic mass is 10.1. The number of hydrogen-bond acceptors (Lipinski definition) is 5. The number of anilines is 1. The van der Waals surface area contributed by atoms with Gasteiger partial charge in [-0.3, -0.25) is 4.79 Å². The molecule has 1 fully saturated rings. The van der Waals surface area contributed by atoms with Crippen LogP contribution in [0, 0.1) is 18.6 Å². The van der Waals surface area contributed by atoms with Crippen LogP contribution in [0.15, 0.2) is 42.6 Å². The Hall–Kier alpha value is -3.36. The summed E-state index contributed by atoms with van der Waals surface area (Å²) in [7, 11) is 0. The van der Waals surface area contributed by atoms with Gasteiger partial charge in [-0.25, -0.2) is 13.5 Å². The minimum Gasteiger partial charge on any atom is -0.352 e. The fourth-order valence-electron chi connectivity index (χ4n) is 3.15. The highest BCUT2D eigenvalue weighted by molar-refractivity contribution is 5.95. The lowest BCUT2D eigenvalue weighted by molar-refractivity contribution is 0.0736. The number of hydrogen-bond donors (Lipinski definition) is 0. The summed E-state index contributed by atoms with van der Waals surface area (Å²) in [5.41, 5.74) is 0.382. The molecule has 3 heterocycles. The van der Waals surface area contributed by atoms with Crippen LogP contribution in [0.4, 0.5) is 14.6 Å². The Morgan fingerprint density at radius 1 is 0.929 bits per heavy atom. The molecule has 0 unspecified atom stereocenters. The zero-order valence-corrected chi connectivity index (χ0v) is 15.2. The van der Waals surface area contributed by atoms with E-state index in [1.54, 1.807) is 4.68 Å². The van der Waals surface area contributed by atoms with E-state index in [0.717, 1.165) is 17.8 Å². The largest absolute Gasteiger partial charge is 0.352 e. The Balaban J connectivity index is 1.42. The highest BCUT2D eigenvalue weighted by atomic mass is 19.1. The van der Waals surface area contributed by atoms with E-state index in [2.05, 4.69) is 15.3 Å². The SMILES string of the molecule is Cc1ccn(-c2ccc(N3CCN(C(=O)c4c(F)cccc4F)CC3)nn2)n1. The molecule has 0 N–H and O–H groups in total. The predicted octanol–water partition coefficient (Wildman–Crippen LogP) is 2.21. The average Bonchev–Trinajstić information content (AvgIpc) is 3.14. The van der Waals surface area contributed by atoms with E-state index < -0.39 is 23.1 Å². The Bertz CT molecular complexity index is 976. The minimum absolute atomic E-state index is 0.342. The minimum atomic E-state index is -0.845. The van der Waals surface area contributed by atoms with E-state index in [9.17, 15) is 13.6 Å². The normalized spacial score (nSPS) is 14.4. The molecule has 1 aromatic carbocycles. The molecule has 1 aliphatic heterocycles. The van der Waals surface area contributed by atoms with Gasteiger partial charge in [0.1, 0.15) is 17.2 Å². The van der Waals surface area contributed by atoms with Crippen LogP contribution in [0.3, 0.4) is 0 Å². The summed E-state index contributed by atoms with van der Waals surface area (Å²) >= 11 is 0. The van der Waals surface area contributed by atoms with Crippen molar-refractivity contribution in [3.63, 3.8) is 0 Å². The third kappa shape index (κ3) is 3.42. The molecular weight excluding hydrogens is 366 g/mol. The molecule has 1 amide bonds. The quantitative estimate of drug-likeness (QED) is 0.693. The van der Waals surface area contributed by atoms with Crippen molar-refractivity contribution in [2.75, 3.05) is 31.1 Å². The van der Waals surface area contributed by atoms with Crippen LogP contribution in [0.2, 0.25) is 0 Å². The van der Waals surface area contributed by atoms with E-state index in [-0.39, 0.29) is 0 Å². The zero-order valence-electron chi connectivity index (χ0n) is 15.2. The number of carbonyl (C=O) groups excluding carboxylic acids is 1. The molecule has 0 radical (unpaired) electrons. The lowest BCUT2D eigenvalue weighted by Crippen LogP contribution is -2.49. The molecule has 4 rings (SSSR count). The van der Waals surface area contributed by atoms with Crippen molar-refractivity contribution in [3.05, 3.63) is 65.5 Å². The first kappa shape index (κ1) is 18.0. The number of piperazine rings is 1. The standard InChI is InChI=1S/C19H18F2N6O/c1-13-7-8-27(24-13)17-6-5-16(22-23-17)25-9-11-26(12-10-25)19(28)18-14(20)3-2-4-15(18)21/h2-8H,9-12H2,1H3. The Kier molecular flexibility index (Phi) is 4.72. The van der Waals surface area contributed by atoms with Crippen LogP contribution in [-0.2, 0) is 0 Å². The second-order valence-corrected chi connectivity index (χ2v) is 6.53. The van der Waals surface area contributed by atoms with E-state index in [0.29, 0.717) is 37.8 Å². The van der Waals surface area contributed by atoms with Crippen LogP contribution in [0.25, 0.3) is 5.82 Å². The van der Waals surface area contributed by atoms with Crippen LogP contribution in [0.1, 0.15) is 16.1 Å². The maximum Gasteiger partial charge on any atom is 0.259 e. The molecule has 2 aromatic heterocycles. The van der Waals surface area contributed by atoms with Crippen molar-refractivity contribution >= 4 is 11.7 Å². The summed E-state index contributed by atoms with van der Waals surface area (Å²) in [5, 5.41) is 12.7. The molecule has 28 heavy (non-hydrogen) atoms. The van der Waals surface area contributed by atoms with Gasteiger partial charge < -0.3 is 9.80 Å². The van der Waals surface area contributed by atoms with Crippen molar-refractivity contribution in [2.24, 2.45) is 0 Å². The van der Waals surface area contributed by atoms with Crippen LogP contribution in [0.5, 0.6) is 0 Å². The first-order chi connectivity index (χ1) is 13.5. The van der Waals surface area contributed by atoms with E-state index in [1.807, 2.05) is 36.2 Å². The lowest BCUT2D eigenvalue weighted by Gasteiger charge is -2.35. The van der Waals surface area contributed by atoms with E-state index in [4.69, 9.17) is 0 Å². The van der Waals surface area contributed by atoms with Crippen molar-refractivity contribution in [3.8, 4) is 5.82 Å². The molecule has 0 bridgehead atoms. The van der Waals surface area contributed by atoms with Gasteiger partial charge in [0.2, 0.25) is 0 Å². The smallest absolute Gasteiger partial charge is 0.259 e. The second-order valence-electron chi connectivity index (χ2n) is 6.53. The average molecular weight is 384 g/mol. The van der Waals surface area contributed by atoms with E-state index >= 15 is 0 Å². The van der Waals surface area contributed by atoms with Crippen molar-refractivity contribution < 1.29 is 13.6 Å². The van der Waals surface area contributed by atoms with Crippen molar-refractivity contribution in [1.29, 1.82) is 0 Å². The Morgan fingerprint density at radius 3 is 2.14 bits per heavy atom. The van der Waals surface area contributed by atoms with Gasteiger partial charge in [-0.1, -0.05) is 6.07 Å². The van der Waals surface area contributed by atoms with Gasteiger partial charge in [0, 0.05) is 32.4 Å². The summed E-state index contributed by atoms with van der Waals surface area (Å²) in [6, 6.07) is 8.96. The molecule has 0 aliphatic carbocycles. The van der Waals surface area contributed by atoms with E-state index in [1.165, 1.54) is 11.0 Å². The summed E-state index contributed by atoms with van der Waals surface area (Å²) in [4.78, 5) is 15.9. The molecule has 0 atom stereocenters. The molecule has 0 saturated carbocycles. The van der Waals surface area contributed by atoms with Gasteiger partial charge in [0.15, 0.2) is 11.6 Å². The maximum absolute atomic E-state index is 13.9. The second kappa shape index (κ2) is 7.34. The highest BCUT2D eigenvalue weighted by Crippen LogP contribution is 2.18. The number of rotatable bonds is 3. The monoisotopic (exact) mass is 384 g/mol. The van der Waals surface area contributed by atoms with Crippen LogP contribution in [-0.4, -0.2) is 57.0 Å². The highest BCUT2D eigenvalue weighted by Gasteiger charge is 2.27. The third-order valence-corrected chi connectivity index (χ3v) is 4.66. The summed E-state index contributed by atoms with van der Waals surface area (Å²) in [6.45, 7) is 3.57. The van der Waals surface area contributed by atoms with Gasteiger partial charge in [0.05, 0.1) is 5.69 Å². The summed E-state index contributed by atoms with van der Waals surface area (Å²) in [5.74, 6) is -1.03. The molecule has 1 aliphatic rings. The maximum atomic E-state index is 13.9. The summed E-state index contributed by atoms with van der Waals surface area (Å²) < 4.78 is 29.4. The Labute approximate surface area is 160 Å². The zero-order chi connectivity index (χ0) is 19.7. The predicted molar refractivity (Wildman–Crippen MR) is 98.4 cm³/mol. The molecular formula is C19H18F2N6O. The van der Waals surface area contributed by atoms with Crippen LogP contribution >= 0.6 is 0 Å². The molecule has 7 nitrogen and oxygen atoms in total. The molecule has 1 saturated heterocycles. The number of carbonyl (C=O) groups is 1. The number of aryl methyl sites for hydroxylation is 1. The molecule has 3 aromatic rings. The number of halogens is 2. The van der Waals surface area contributed by atoms with Gasteiger partial charge in [-0.05, 0) is 37.3 Å². The van der Waals surface area contributed by atoms with Crippen molar-refractivity contribution in [1.82, 2.24) is 24.9 Å². The first-order valence-electron chi connectivity index (χ1n) is 8.87. The number of aromatic nitrogens is 4. The topological polar surface area (TPSA) is 67.2 Å². The van der Waals surface area contributed by atoms with Gasteiger partial charge in [-0.2, -0.15) is 5.10 Å². The third-order valence-electron chi connectivity index (χ3n) is 4.66. The molecule has 0 spiro atoms. The number of benzene rings is 1. The first-order valence-corrected chi connectivity index (χ1v) is 8.87. The molecule has 9 heteroatoms. The van der Waals surface area contributed by atoms with Gasteiger partial charge >= 0.3 is 0 Å². The Morgan fingerprint density at radius 2 is 1.57 bits per heavy atom. The van der Waals surface area contributed by atoms with Gasteiger partial charge in [0.25, 0.3) is 5.91 Å². The molecule has 144 valence electrons. The number of nitrogens with zero attached hydrogens (tertiary/aromatic N) is 6. The van der Waals surface area contributed by atoms with Crippen molar-refractivity contribution in [2.45, 2.75) is 6.92 Å². The fraction of sp³-hybridized carbons (Fsp3) is 0.263.